The molecule has 109 valence electrons. The Kier molecular flexibility index (Phi) is 4.04. The zero-order chi connectivity index (χ0) is 14.8. The molecular weight excluding hydrogens is 254 g/mol. The van der Waals surface area contributed by atoms with Gasteiger partial charge in [-0.3, -0.25) is 0 Å². The van der Waals surface area contributed by atoms with Gasteiger partial charge in [0.2, 0.25) is 0 Å². The third kappa shape index (κ3) is 3.51. The smallest absolute Gasteiger partial charge is 0.410 e. The summed E-state index contributed by atoms with van der Waals surface area (Å²) in [6, 6.07) is 10.3. The average molecular weight is 276 g/mol. The summed E-state index contributed by atoms with van der Waals surface area (Å²) in [6.07, 6.45) is 0.743. The third-order valence-corrected chi connectivity index (χ3v) is 3.50. The van der Waals surface area contributed by atoms with Gasteiger partial charge in [-0.05, 0) is 45.2 Å². The van der Waals surface area contributed by atoms with Crippen molar-refractivity contribution in [3.05, 3.63) is 35.9 Å². The zero-order valence-electron chi connectivity index (χ0n) is 12.3. The first-order valence-electron chi connectivity index (χ1n) is 6.97. The van der Waals surface area contributed by atoms with E-state index in [0.717, 1.165) is 5.56 Å². The molecular formula is C16H22NO3. The van der Waals surface area contributed by atoms with E-state index in [1.165, 1.54) is 0 Å². The molecule has 0 aliphatic carbocycles. The van der Waals surface area contributed by atoms with Crippen molar-refractivity contribution in [2.75, 3.05) is 13.1 Å². The van der Waals surface area contributed by atoms with Crippen LogP contribution < -0.4 is 0 Å². The number of carbonyl (C=O) groups is 1. The normalized spacial score (nSPS) is 18.7. The van der Waals surface area contributed by atoms with Crippen LogP contribution >= 0.6 is 0 Å². The maximum Gasteiger partial charge on any atom is 0.410 e. The summed E-state index contributed by atoms with van der Waals surface area (Å²) in [5, 5.41) is 10.7. The number of carbonyl (C=O) groups excluding carboxylic acids is 1. The summed E-state index contributed by atoms with van der Waals surface area (Å²) in [5.74, 6) is 0. The number of ether oxygens (including phenoxy) is 1. The van der Waals surface area contributed by atoms with E-state index in [1.54, 1.807) is 17.0 Å². The van der Waals surface area contributed by atoms with Gasteiger partial charge in [-0.15, -0.1) is 0 Å². The van der Waals surface area contributed by atoms with Crippen LogP contribution in [0.4, 0.5) is 4.79 Å². The number of hydrogen-bond acceptors (Lipinski definition) is 3. The molecule has 2 rings (SSSR count). The minimum Gasteiger partial charge on any atom is -0.444 e. The summed E-state index contributed by atoms with van der Waals surface area (Å²) < 4.78 is 5.35. The molecule has 1 N–H and O–H groups in total. The van der Waals surface area contributed by atoms with Crippen molar-refractivity contribution < 1.29 is 14.6 Å². The summed E-state index contributed by atoms with van der Waals surface area (Å²) in [4.78, 5) is 13.6. The van der Waals surface area contributed by atoms with E-state index in [1.807, 2.05) is 32.9 Å². The fraction of sp³-hybridized carbons (Fsp3) is 0.562. The van der Waals surface area contributed by atoms with Gasteiger partial charge in [-0.25, -0.2) is 4.79 Å². The standard InChI is InChI=1S/C16H22NO3/c1-15(2,3)20-14(18)17-11-9-16(19,10-12-17)13-7-5-4-6-8-13/h5-8,19H,9-12H2,1-3H3. The number of amides is 1. The summed E-state index contributed by atoms with van der Waals surface area (Å²) >= 11 is 0. The maximum absolute atomic E-state index is 12.0. The van der Waals surface area contributed by atoms with Gasteiger partial charge < -0.3 is 14.7 Å². The molecule has 4 heteroatoms. The Bertz CT molecular complexity index is 456. The first-order valence-corrected chi connectivity index (χ1v) is 6.97. The molecule has 1 aliphatic heterocycles. The van der Waals surface area contributed by atoms with Crippen LogP contribution in [0, 0.1) is 6.07 Å². The SMILES string of the molecule is CC(C)(C)OC(=O)N1CCC(O)(c2cc[c]cc2)CC1. The summed E-state index contributed by atoms with van der Waals surface area (Å²) in [7, 11) is 0. The highest BCUT2D eigenvalue weighted by Crippen LogP contribution is 2.32. The van der Waals surface area contributed by atoms with Crippen LogP contribution in [-0.2, 0) is 10.3 Å². The predicted octanol–water partition coefficient (Wildman–Crippen LogP) is 2.71. The molecule has 0 bridgehead atoms. The molecule has 1 aromatic rings. The Morgan fingerprint density at radius 3 is 2.35 bits per heavy atom. The first-order chi connectivity index (χ1) is 9.30. The summed E-state index contributed by atoms with van der Waals surface area (Å²) in [6.45, 7) is 6.57. The molecule has 1 aliphatic rings. The van der Waals surface area contributed by atoms with Crippen molar-refractivity contribution in [2.24, 2.45) is 0 Å². The third-order valence-electron chi connectivity index (χ3n) is 3.50. The van der Waals surface area contributed by atoms with Gasteiger partial charge in [0, 0.05) is 13.1 Å². The number of benzene rings is 1. The summed E-state index contributed by atoms with van der Waals surface area (Å²) in [5.41, 5.74) is -0.451. The van der Waals surface area contributed by atoms with Crippen LogP contribution in [0.3, 0.4) is 0 Å². The van der Waals surface area contributed by atoms with Crippen LogP contribution in [0.15, 0.2) is 24.3 Å². The van der Waals surface area contributed by atoms with Crippen molar-refractivity contribution in [3.63, 3.8) is 0 Å². The lowest BCUT2D eigenvalue weighted by molar-refractivity contribution is -0.0356. The van der Waals surface area contributed by atoms with Gasteiger partial charge in [-0.2, -0.15) is 0 Å². The number of likely N-dealkylation sites (tertiary alicyclic amines) is 1. The van der Waals surface area contributed by atoms with Crippen LogP contribution in [0.2, 0.25) is 0 Å². The van der Waals surface area contributed by atoms with Crippen molar-refractivity contribution >= 4 is 6.09 Å². The van der Waals surface area contributed by atoms with E-state index >= 15 is 0 Å². The Labute approximate surface area is 120 Å². The zero-order valence-corrected chi connectivity index (χ0v) is 12.3. The molecule has 0 atom stereocenters. The molecule has 0 spiro atoms. The molecule has 1 fully saturated rings. The number of nitrogens with zero attached hydrogens (tertiary/aromatic N) is 1. The Morgan fingerprint density at radius 2 is 1.85 bits per heavy atom. The topological polar surface area (TPSA) is 49.8 Å². The van der Waals surface area contributed by atoms with Crippen molar-refractivity contribution in [1.82, 2.24) is 4.90 Å². The van der Waals surface area contributed by atoms with Crippen LogP contribution in [-0.4, -0.2) is 34.8 Å². The van der Waals surface area contributed by atoms with Gasteiger partial charge in [0.15, 0.2) is 0 Å². The van der Waals surface area contributed by atoms with E-state index < -0.39 is 11.2 Å². The first kappa shape index (κ1) is 14.9. The average Bonchev–Trinajstić information content (AvgIpc) is 2.38. The highest BCUT2D eigenvalue weighted by Gasteiger charge is 2.36. The lowest BCUT2D eigenvalue weighted by atomic mass is 9.84. The minimum atomic E-state index is -0.854. The molecule has 1 radical (unpaired) electrons. The van der Waals surface area contributed by atoms with Gasteiger partial charge in [0.25, 0.3) is 0 Å². The highest BCUT2D eigenvalue weighted by molar-refractivity contribution is 5.68. The predicted molar refractivity (Wildman–Crippen MR) is 76.2 cm³/mol. The largest absolute Gasteiger partial charge is 0.444 e. The van der Waals surface area contributed by atoms with Crippen LogP contribution in [0.1, 0.15) is 39.2 Å². The quantitative estimate of drug-likeness (QED) is 0.858. The van der Waals surface area contributed by atoms with Crippen LogP contribution in [0.25, 0.3) is 0 Å². The van der Waals surface area contributed by atoms with Gasteiger partial charge in [0.1, 0.15) is 5.60 Å². The number of piperidine rings is 1. The Morgan fingerprint density at radius 1 is 1.30 bits per heavy atom. The lowest BCUT2D eigenvalue weighted by Gasteiger charge is -2.38. The van der Waals surface area contributed by atoms with E-state index in [-0.39, 0.29) is 6.09 Å². The Balaban J connectivity index is 1.97. The van der Waals surface area contributed by atoms with Crippen molar-refractivity contribution in [1.29, 1.82) is 0 Å². The number of hydrogen-bond donors (Lipinski definition) is 1. The molecule has 1 saturated heterocycles. The van der Waals surface area contributed by atoms with E-state index in [0.29, 0.717) is 25.9 Å². The van der Waals surface area contributed by atoms with Crippen molar-refractivity contribution in [3.8, 4) is 0 Å². The monoisotopic (exact) mass is 276 g/mol. The number of rotatable bonds is 1. The fourth-order valence-electron chi connectivity index (χ4n) is 2.37. The Hall–Kier alpha value is -1.55. The van der Waals surface area contributed by atoms with E-state index in [9.17, 15) is 9.90 Å². The molecule has 1 aromatic carbocycles. The molecule has 4 nitrogen and oxygen atoms in total. The second-order valence-electron chi connectivity index (χ2n) is 6.29. The molecule has 20 heavy (non-hydrogen) atoms. The number of aliphatic hydroxyl groups is 1. The van der Waals surface area contributed by atoms with Gasteiger partial charge in [0.05, 0.1) is 5.60 Å². The fourth-order valence-corrected chi connectivity index (χ4v) is 2.37. The minimum absolute atomic E-state index is 0.305. The van der Waals surface area contributed by atoms with Crippen molar-refractivity contribution in [2.45, 2.75) is 44.8 Å². The second kappa shape index (κ2) is 5.44. The lowest BCUT2D eigenvalue weighted by Crippen LogP contribution is -2.46. The van der Waals surface area contributed by atoms with Gasteiger partial charge in [-0.1, -0.05) is 24.3 Å². The van der Waals surface area contributed by atoms with Gasteiger partial charge >= 0.3 is 6.09 Å². The van der Waals surface area contributed by atoms with Crippen LogP contribution in [0.5, 0.6) is 0 Å². The van der Waals surface area contributed by atoms with E-state index in [4.69, 9.17) is 4.74 Å². The maximum atomic E-state index is 12.0. The highest BCUT2D eigenvalue weighted by atomic mass is 16.6. The molecule has 0 saturated carbocycles. The molecule has 1 heterocycles. The molecule has 1 amide bonds. The molecule has 0 unspecified atom stereocenters. The molecule has 0 aromatic heterocycles. The van der Waals surface area contributed by atoms with E-state index in [2.05, 4.69) is 6.07 Å². The second-order valence-corrected chi connectivity index (χ2v) is 6.29.